The molecular formula is C25H21NO3. The van der Waals surface area contributed by atoms with E-state index in [-0.39, 0.29) is 5.70 Å². The summed E-state index contributed by atoms with van der Waals surface area (Å²) in [6, 6.07) is 23.4. The van der Waals surface area contributed by atoms with Crippen molar-refractivity contribution in [3.63, 3.8) is 0 Å². The number of carbonyl (C=O) groups is 1. The molecule has 3 aromatic carbocycles. The van der Waals surface area contributed by atoms with Gasteiger partial charge in [-0.3, -0.25) is 0 Å². The third-order valence-electron chi connectivity index (χ3n) is 4.74. The van der Waals surface area contributed by atoms with E-state index in [9.17, 15) is 4.79 Å². The summed E-state index contributed by atoms with van der Waals surface area (Å²) in [6.07, 6.45) is 1.72. The Hall–Kier alpha value is -3.66. The Morgan fingerprint density at radius 1 is 0.966 bits per heavy atom. The first-order valence-electron chi connectivity index (χ1n) is 9.46. The maximum absolute atomic E-state index is 12.3. The second-order valence-electron chi connectivity index (χ2n) is 6.96. The fraction of sp³-hybridized carbons (Fsp3) is 0.120. The van der Waals surface area contributed by atoms with Crippen molar-refractivity contribution < 1.29 is 14.3 Å². The molecule has 0 atom stereocenters. The van der Waals surface area contributed by atoms with Crippen LogP contribution in [0.5, 0.6) is 5.75 Å². The molecular weight excluding hydrogens is 362 g/mol. The van der Waals surface area contributed by atoms with Crippen LogP contribution in [0, 0.1) is 13.8 Å². The van der Waals surface area contributed by atoms with Crippen LogP contribution in [0.3, 0.4) is 0 Å². The highest BCUT2D eigenvalue weighted by Crippen LogP contribution is 2.27. The lowest BCUT2D eigenvalue weighted by atomic mass is 10.1. The largest absolute Gasteiger partial charge is 0.488 e. The van der Waals surface area contributed by atoms with E-state index in [0.717, 1.165) is 22.3 Å². The predicted octanol–water partition coefficient (Wildman–Crippen LogP) is 5.23. The third-order valence-corrected chi connectivity index (χ3v) is 4.74. The molecule has 0 amide bonds. The van der Waals surface area contributed by atoms with Crippen molar-refractivity contribution in [1.82, 2.24) is 0 Å². The van der Waals surface area contributed by atoms with Gasteiger partial charge in [-0.25, -0.2) is 9.79 Å². The molecule has 0 spiro atoms. The van der Waals surface area contributed by atoms with Gasteiger partial charge in [0, 0.05) is 11.1 Å². The summed E-state index contributed by atoms with van der Waals surface area (Å²) in [7, 11) is 0. The van der Waals surface area contributed by atoms with Crippen LogP contribution in [0.2, 0.25) is 0 Å². The van der Waals surface area contributed by atoms with Crippen molar-refractivity contribution in [2.24, 2.45) is 4.99 Å². The van der Waals surface area contributed by atoms with E-state index < -0.39 is 5.97 Å². The lowest BCUT2D eigenvalue weighted by molar-refractivity contribution is -0.129. The Morgan fingerprint density at radius 3 is 2.52 bits per heavy atom. The molecule has 4 heteroatoms. The number of esters is 1. The van der Waals surface area contributed by atoms with Gasteiger partial charge in [0.1, 0.15) is 12.4 Å². The zero-order valence-electron chi connectivity index (χ0n) is 16.4. The first kappa shape index (κ1) is 18.7. The molecule has 1 heterocycles. The van der Waals surface area contributed by atoms with Gasteiger partial charge in [0.2, 0.25) is 5.90 Å². The molecule has 0 unspecified atom stereocenters. The number of cyclic esters (lactones) is 1. The van der Waals surface area contributed by atoms with Crippen molar-refractivity contribution in [3.05, 3.63) is 106 Å². The second kappa shape index (κ2) is 8.15. The molecule has 3 aromatic rings. The number of aryl methyl sites for hydroxylation is 2. The van der Waals surface area contributed by atoms with Gasteiger partial charge in [0.25, 0.3) is 0 Å². The van der Waals surface area contributed by atoms with Crippen molar-refractivity contribution in [2.75, 3.05) is 0 Å². The van der Waals surface area contributed by atoms with Gasteiger partial charge in [-0.15, -0.1) is 0 Å². The van der Waals surface area contributed by atoms with Gasteiger partial charge in [-0.05, 0) is 55.3 Å². The normalized spacial score (nSPS) is 14.6. The molecule has 0 saturated heterocycles. The molecule has 0 radical (unpaired) electrons. The smallest absolute Gasteiger partial charge is 0.363 e. The third kappa shape index (κ3) is 4.27. The summed E-state index contributed by atoms with van der Waals surface area (Å²) < 4.78 is 11.4. The maximum atomic E-state index is 12.3. The van der Waals surface area contributed by atoms with Gasteiger partial charge in [-0.1, -0.05) is 54.1 Å². The first-order valence-corrected chi connectivity index (χ1v) is 9.46. The molecule has 1 aliphatic rings. The number of ether oxygens (including phenoxy) is 2. The Bertz CT molecular complexity index is 1110. The first-order chi connectivity index (χ1) is 14.1. The van der Waals surface area contributed by atoms with Crippen LogP contribution in [-0.2, 0) is 16.1 Å². The van der Waals surface area contributed by atoms with E-state index in [2.05, 4.69) is 18.0 Å². The Balaban J connectivity index is 1.63. The van der Waals surface area contributed by atoms with E-state index in [4.69, 9.17) is 9.47 Å². The summed E-state index contributed by atoms with van der Waals surface area (Å²) in [4.78, 5) is 16.7. The van der Waals surface area contributed by atoms with Crippen LogP contribution >= 0.6 is 0 Å². The summed E-state index contributed by atoms with van der Waals surface area (Å²) in [5.74, 6) is 0.551. The second-order valence-corrected chi connectivity index (χ2v) is 6.96. The lowest BCUT2D eigenvalue weighted by Gasteiger charge is -2.12. The lowest BCUT2D eigenvalue weighted by Crippen LogP contribution is -2.05. The minimum Gasteiger partial charge on any atom is -0.488 e. The van der Waals surface area contributed by atoms with Crippen LogP contribution < -0.4 is 4.74 Å². The number of benzene rings is 3. The Morgan fingerprint density at radius 2 is 1.72 bits per heavy atom. The molecule has 144 valence electrons. The Labute approximate surface area is 170 Å². The van der Waals surface area contributed by atoms with E-state index in [1.165, 1.54) is 5.56 Å². The summed E-state index contributed by atoms with van der Waals surface area (Å²) in [5.41, 5.74) is 5.19. The number of aliphatic imine (C=N–C) groups is 1. The van der Waals surface area contributed by atoms with Gasteiger partial charge in [0.05, 0.1) is 0 Å². The number of nitrogens with zero attached hydrogens (tertiary/aromatic N) is 1. The van der Waals surface area contributed by atoms with Gasteiger partial charge in [-0.2, -0.15) is 0 Å². The highest BCUT2D eigenvalue weighted by molar-refractivity contribution is 6.12. The van der Waals surface area contributed by atoms with Gasteiger partial charge in [0.15, 0.2) is 5.70 Å². The summed E-state index contributed by atoms with van der Waals surface area (Å²) >= 11 is 0. The molecule has 0 saturated carbocycles. The number of hydrogen-bond donors (Lipinski definition) is 0. The van der Waals surface area contributed by atoms with Crippen LogP contribution in [-0.4, -0.2) is 11.9 Å². The fourth-order valence-corrected chi connectivity index (χ4v) is 3.10. The van der Waals surface area contributed by atoms with Crippen LogP contribution in [0.15, 0.2) is 83.5 Å². The van der Waals surface area contributed by atoms with E-state index >= 15 is 0 Å². The molecule has 4 rings (SSSR count). The van der Waals surface area contributed by atoms with Crippen molar-refractivity contribution in [1.29, 1.82) is 0 Å². The molecule has 4 nitrogen and oxygen atoms in total. The summed E-state index contributed by atoms with van der Waals surface area (Å²) in [5, 5.41) is 0. The highest BCUT2D eigenvalue weighted by Gasteiger charge is 2.24. The quantitative estimate of drug-likeness (QED) is 0.448. The standard InChI is InChI=1S/C25H21NO3/c1-17-12-13-23(28-16-20-11-7-6-8-18(20)2)21(14-17)15-22-25(27)29-24(26-22)19-9-4-3-5-10-19/h3-15H,16H2,1-2H3/b22-15+. The predicted molar refractivity (Wildman–Crippen MR) is 114 cm³/mol. The zero-order chi connectivity index (χ0) is 20.2. The molecule has 29 heavy (non-hydrogen) atoms. The number of rotatable bonds is 5. The minimum absolute atomic E-state index is 0.259. The van der Waals surface area contributed by atoms with Crippen LogP contribution in [0.25, 0.3) is 6.08 Å². The van der Waals surface area contributed by atoms with Crippen molar-refractivity contribution in [2.45, 2.75) is 20.5 Å². The molecule has 0 fully saturated rings. The van der Waals surface area contributed by atoms with E-state index in [1.807, 2.05) is 73.7 Å². The fourth-order valence-electron chi connectivity index (χ4n) is 3.10. The Kier molecular flexibility index (Phi) is 5.25. The van der Waals surface area contributed by atoms with Crippen molar-refractivity contribution in [3.8, 4) is 5.75 Å². The SMILES string of the molecule is Cc1ccc(OCc2ccccc2C)c(/C=C2/N=C(c3ccccc3)OC2=O)c1. The average Bonchev–Trinajstić information content (AvgIpc) is 3.09. The molecule has 0 aromatic heterocycles. The molecule has 0 N–H and O–H groups in total. The van der Waals surface area contributed by atoms with Crippen LogP contribution in [0.1, 0.15) is 27.8 Å². The molecule has 0 aliphatic carbocycles. The monoisotopic (exact) mass is 383 g/mol. The maximum Gasteiger partial charge on any atom is 0.363 e. The van der Waals surface area contributed by atoms with Crippen molar-refractivity contribution >= 4 is 17.9 Å². The topological polar surface area (TPSA) is 47.9 Å². The van der Waals surface area contributed by atoms with E-state index in [0.29, 0.717) is 18.3 Å². The van der Waals surface area contributed by atoms with Gasteiger partial charge < -0.3 is 9.47 Å². The highest BCUT2D eigenvalue weighted by atomic mass is 16.6. The average molecular weight is 383 g/mol. The zero-order valence-corrected chi connectivity index (χ0v) is 16.4. The minimum atomic E-state index is -0.463. The molecule has 1 aliphatic heterocycles. The molecule has 0 bridgehead atoms. The van der Waals surface area contributed by atoms with Gasteiger partial charge >= 0.3 is 5.97 Å². The van der Waals surface area contributed by atoms with E-state index in [1.54, 1.807) is 6.08 Å². The number of carbonyl (C=O) groups excluding carboxylic acids is 1. The number of hydrogen-bond acceptors (Lipinski definition) is 4. The summed E-state index contributed by atoms with van der Waals surface area (Å²) in [6.45, 7) is 4.51. The van der Waals surface area contributed by atoms with Crippen LogP contribution in [0.4, 0.5) is 0 Å².